The van der Waals surface area contributed by atoms with Crippen LogP contribution in [-0.4, -0.2) is 39.7 Å². The number of H-pyrrole nitrogens is 1. The molecule has 10 heteroatoms. The largest absolute Gasteiger partial charge is 0.380 e. The van der Waals surface area contributed by atoms with Crippen LogP contribution in [0.2, 0.25) is 5.02 Å². The molecule has 6 rings (SSSR count). The van der Waals surface area contributed by atoms with Gasteiger partial charge < -0.3 is 5.73 Å². The number of pyridine rings is 2. The van der Waals surface area contributed by atoms with Crippen molar-refractivity contribution in [2.24, 2.45) is 0 Å². The minimum absolute atomic E-state index is 0.370. The van der Waals surface area contributed by atoms with Crippen molar-refractivity contribution < 1.29 is 0 Å². The van der Waals surface area contributed by atoms with Crippen LogP contribution >= 0.6 is 11.6 Å². The average molecular weight is 442 g/mol. The lowest BCUT2D eigenvalue weighted by molar-refractivity contribution is 0.680. The van der Waals surface area contributed by atoms with Gasteiger partial charge in [-0.3, -0.25) is 14.8 Å². The Morgan fingerprint density at radius 1 is 1.00 bits per heavy atom. The van der Waals surface area contributed by atoms with Gasteiger partial charge in [0.05, 0.1) is 45.9 Å². The summed E-state index contributed by atoms with van der Waals surface area (Å²) in [6.45, 7) is 0.509. The van der Waals surface area contributed by atoms with E-state index in [1.807, 2.05) is 47.1 Å². The molecule has 0 aliphatic carbocycles. The molecule has 6 aromatic rings. The second-order valence-corrected chi connectivity index (χ2v) is 7.81. The molecular formula is C22H16ClN9. The molecule has 3 N–H and O–H groups in total. The van der Waals surface area contributed by atoms with E-state index in [2.05, 4.69) is 30.4 Å². The first-order valence-electron chi connectivity index (χ1n) is 9.86. The zero-order valence-electron chi connectivity index (χ0n) is 16.6. The van der Waals surface area contributed by atoms with Crippen molar-refractivity contribution in [1.82, 2.24) is 39.7 Å². The first kappa shape index (κ1) is 18.5. The van der Waals surface area contributed by atoms with Crippen LogP contribution in [0.4, 0.5) is 5.82 Å². The van der Waals surface area contributed by atoms with E-state index in [9.17, 15) is 0 Å². The van der Waals surface area contributed by atoms with E-state index in [1.165, 1.54) is 0 Å². The number of nitrogens with two attached hydrogens (primary N) is 1. The fourth-order valence-electron chi connectivity index (χ4n) is 3.77. The summed E-state index contributed by atoms with van der Waals surface area (Å²) in [4.78, 5) is 8.96. The number of rotatable bonds is 4. The van der Waals surface area contributed by atoms with Crippen molar-refractivity contribution in [3.8, 4) is 16.9 Å². The fourth-order valence-corrected chi connectivity index (χ4v) is 3.88. The summed E-state index contributed by atoms with van der Waals surface area (Å²) in [5.74, 6) is 0.370. The Kier molecular flexibility index (Phi) is 4.15. The Hall–Kier alpha value is -4.24. The number of halogens is 1. The molecule has 5 heterocycles. The summed E-state index contributed by atoms with van der Waals surface area (Å²) in [5, 5.41) is 17.7. The van der Waals surface area contributed by atoms with Gasteiger partial charge in [0.15, 0.2) is 5.82 Å². The molecule has 1 aromatic carbocycles. The smallest absolute Gasteiger partial charge is 0.172 e. The summed E-state index contributed by atoms with van der Waals surface area (Å²) >= 11 is 5.95. The van der Waals surface area contributed by atoms with Crippen LogP contribution in [0.5, 0.6) is 0 Å². The molecule has 0 radical (unpaired) electrons. The molecule has 0 spiro atoms. The van der Waals surface area contributed by atoms with Gasteiger partial charge in [-0.2, -0.15) is 10.2 Å². The van der Waals surface area contributed by atoms with Gasteiger partial charge in [0, 0.05) is 29.5 Å². The van der Waals surface area contributed by atoms with E-state index in [4.69, 9.17) is 17.3 Å². The molecule has 0 aliphatic rings. The van der Waals surface area contributed by atoms with Crippen LogP contribution < -0.4 is 5.73 Å². The van der Waals surface area contributed by atoms with Crippen molar-refractivity contribution in [2.75, 3.05) is 5.73 Å². The number of benzene rings is 1. The van der Waals surface area contributed by atoms with Gasteiger partial charge >= 0.3 is 0 Å². The SMILES string of the molecule is Nc1nn(-c2ccc3cn[nH]c3c2)c2cc(-c3ccnn3Cc3ccc(Cl)cn3)cnc12. The predicted molar refractivity (Wildman–Crippen MR) is 122 cm³/mol. The van der Waals surface area contributed by atoms with Gasteiger partial charge in [0.2, 0.25) is 0 Å². The van der Waals surface area contributed by atoms with E-state index >= 15 is 0 Å². The van der Waals surface area contributed by atoms with E-state index in [1.54, 1.807) is 29.5 Å². The Morgan fingerprint density at radius 2 is 1.94 bits per heavy atom. The lowest BCUT2D eigenvalue weighted by Gasteiger charge is -2.08. The van der Waals surface area contributed by atoms with Crippen LogP contribution in [0.15, 0.2) is 67.3 Å². The molecule has 0 atom stereocenters. The van der Waals surface area contributed by atoms with Crippen molar-refractivity contribution >= 4 is 39.4 Å². The number of nitrogens with one attached hydrogen (secondary N) is 1. The van der Waals surface area contributed by atoms with Crippen LogP contribution in [0.25, 0.3) is 38.9 Å². The molecule has 0 aliphatic heterocycles. The number of nitrogens with zero attached hydrogens (tertiary/aromatic N) is 7. The van der Waals surface area contributed by atoms with Crippen molar-refractivity contribution in [3.05, 3.63) is 78.0 Å². The standard InChI is InChI=1S/C22H16ClN9/c23-15-2-3-16(25-11-15)12-31-19(5-6-28-31)14-7-20-21(26-9-14)22(24)30-32(20)17-4-1-13-10-27-29-18(13)8-17/h1-11H,12H2,(H2,24,30)(H,27,29). The third-order valence-electron chi connectivity index (χ3n) is 5.33. The van der Waals surface area contributed by atoms with E-state index in [0.29, 0.717) is 22.9 Å². The quantitative estimate of drug-likeness (QED) is 0.429. The van der Waals surface area contributed by atoms with Gasteiger partial charge in [-0.15, -0.1) is 5.10 Å². The predicted octanol–water partition coefficient (Wildman–Crippen LogP) is 3.84. The summed E-state index contributed by atoms with van der Waals surface area (Å²) in [5.41, 5.74) is 12.1. The Balaban J connectivity index is 1.44. The number of aromatic amines is 1. The Morgan fingerprint density at radius 3 is 2.81 bits per heavy atom. The molecule has 0 amide bonds. The van der Waals surface area contributed by atoms with E-state index in [0.717, 1.165) is 39.1 Å². The number of hydrogen-bond acceptors (Lipinski definition) is 6. The zero-order chi connectivity index (χ0) is 21.7. The number of aromatic nitrogens is 8. The molecule has 0 saturated heterocycles. The monoisotopic (exact) mass is 441 g/mol. The van der Waals surface area contributed by atoms with Gasteiger partial charge in [0.25, 0.3) is 0 Å². The highest BCUT2D eigenvalue weighted by atomic mass is 35.5. The minimum Gasteiger partial charge on any atom is -0.380 e. The summed E-state index contributed by atoms with van der Waals surface area (Å²) in [6, 6.07) is 13.6. The summed E-state index contributed by atoms with van der Waals surface area (Å²) < 4.78 is 3.67. The minimum atomic E-state index is 0.370. The second kappa shape index (κ2) is 7.17. The van der Waals surface area contributed by atoms with Crippen molar-refractivity contribution in [3.63, 3.8) is 0 Å². The lowest BCUT2D eigenvalue weighted by Crippen LogP contribution is -2.05. The number of fused-ring (bicyclic) bond motifs is 2. The molecule has 9 nitrogen and oxygen atoms in total. The van der Waals surface area contributed by atoms with Gasteiger partial charge in [-0.25, -0.2) is 9.67 Å². The Labute approximate surface area is 186 Å². The first-order valence-corrected chi connectivity index (χ1v) is 10.2. The number of hydrogen-bond donors (Lipinski definition) is 2. The normalized spacial score (nSPS) is 11.5. The molecule has 0 unspecified atom stereocenters. The number of anilines is 1. The van der Waals surface area contributed by atoms with Crippen molar-refractivity contribution in [1.29, 1.82) is 0 Å². The second-order valence-electron chi connectivity index (χ2n) is 7.37. The molecular weight excluding hydrogens is 426 g/mol. The zero-order valence-corrected chi connectivity index (χ0v) is 17.4. The molecule has 0 bridgehead atoms. The maximum Gasteiger partial charge on any atom is 0.172 e. The average Bonchev–Trinajstić information content (AvgIpc) is 3.53. The Bertz CT molecular complexity index is 1580. The maximum absolute atomic E-state index is 6.17. The molecule has 0 saturated carbocycles. The summed E-state index contributed by atoms with van der Waals surface area (Å²) in [7, 11) is 0. The number of nitrogen functional groups attached to an aromatic ring is 1. The van der Waals surface area contributed by atoms with Crippen LogP contribution in [-0.2, 0) is 6.54 Å². The van der Waals surface area contributed by atoms with E-state index in [-0.39, 0.29) is 0 Å². The van der Waals surface area contributed by atoms with Gasteiger partial charge in [-0.05, 0) is 42.5 Å². The maximum atomic E-state index is 6.17. The highest BCUT2D eigenvalue weighted by Gasteiger charge is 2.15. The van der Waals surface area contributed by atoms with Crippen LogP contribution in [0, 0.1) is 0 Å². The van der Waals surface area contributed by atoms with E-state index < -0.39 is 0 Å². The van der Waals surface area contributed by atoms with Crippen molar-refractivity contribution in [2.45, 2.75) is 6.54 Å². The van der Waals surface area contributed by atoms with Gasteiger partial charge in [-0.1, -0.05) is 11.6 Å². The fraction of sp³-hybridized carbons (Fsp3) is 0.0455. The molecule has 0 fully saturated rings. The van der Waals surface area contributed by atoms with Crippen LogP contribution in [0.3, 0.4) is 0 Å². The highest BCUT2D eigenvalue weighted by molar-refractivity contribution is 6.30. The lowest BCUT2D eigenvalue weighted by atomic mass is 10.2. The summed E-state index contributed by atoms with van der Waals surface area (Å²) in [6.07, 6.45) is 6.95. The topological polar surface area (TPSA) is 116 Å². The van der Waals surface area contributed by atoms with Crippen LogP contribution in [0.1, 0.15) is 5.69 Å². The third-order valence-corrected chi connectivity index (χ3v) is 5.55. The highest BCUT2D eigenvalue weighted by Crippen LogP contribution is 2.28. The molecule has 156 valence electrons. The van der Waals surface area contributed by atoms with Gasteiger partial charge in [0.1, 0.15) is 5.52 Å². The molecule has 5 aromatic heterocycles. The molecule has 32 heavy (non-hydrogen) atoms. The third kappa shape index (κ3) is 3.07. The first-order chi connectivity index (χ1) is 15.7.